The minimum atomic E-state index is -0.399. The van der Waals surface area contributed by atoms with Crippen LogP contribution in [0.1, 0.15) is 17.3 Å². The zero-order valence-corrected chi connectivity index (χ0v) is 12.4. The Hall–Kier alpha value is -2.06. The Morgan fingerprint density at radius 2 is 2.15 bits per heavy atom. The van der Waals surface area contributed by atoms with E-state index in [1.54, 1.807) is 18.2 Å². The molecule has 8 heteroatoms. The predicted octanol–water partition coefficient (Wildman–Crippen LogP) is 1.92. The van der Waals surface area contributed by atoms with Crippen molar-refractivity contribution in [1.29, 1.82) is 0 Å². The summed E-state index contributed by atoms with van der Waals surface area (Å²) in [6, 6.07) is 5.07. The average Bonchev–Trinajstić information content (AvgIpc) is 2.77. The summed E-state index contributed by atoms with van der Waals surface area (Å²) in [5.74, 6) is -0.653. The number of nitrogens with one attached hydrogen (secondary N) is 2. The number of carbonyl (C=O) groups is 2. The molecule has 0 aliphatic rings. The number of thiazole rings is 1. The van der Waals surface area contributed by atoms with Gasteiger partial charge < -0.3 is 15.4 Å². The van der Waals surface area contributed by atoms with Crippen LogP contribution in [0, 0.1) is 0 Å². The number of rotatable bonds is 2. The normalized spacial score (nSPS) is 10.1. The van der Waals surface area contributed by atoms with E-state index in [1.807, 2.05) is 0 Å². The Kier molecular flexibility index (Phi) is 4.26. The summed E-state index contributed by atoms with van der Waals surface area (Å²) in [6.45, 7) is 1.37. The van der Waals surface area contributed by atoms with E-state index in [9.17, 15) is 9.59 Å². The molecule has 0 atom stereocenters. The quantitative estimate of drug-likeness (QED) is 0.651. The Labute approximate surface area is 124 Å². The van der Waals surface area contributed by atoms with Crippen LogP contribution in [0.3, 0.4) is 0 Å². The third kappa shape index (κ3) is 3.28. The molecule has 6 nitrogen and oxygen atoms in total. The zero-order valence-electron chi connectivity index (χ0n) is 10.7. The summed E-state index contributed by atoms with van der Waals surface area (Å²) >= 11 is 6.28. The highest BCUT2D eigenvalue weighted by atomic mass is 32.1. The van der Waals surface area contributed by atoms with E-state index in [0.717, 1.165) is 10.2 Å². The molecule has 2 N–H and O–H groups in total. The monoisotopic (exact) mass is 309 g/mol. The van der Waals surface area contributed by atoms with Crippen LogP contribution in [0.5, 0.6) is 0 Å². The largest absolute Gasteiger partial charge is 0.465 e. The molecule has 0 saturated carbocycles. The second-order valence-corrected chi connectivity index (χ2v) is 5.27. The van der Waals surface area contributed by atoms with Crippen molar-refractivity contribution in [2.45, 2.75) is 6.92 Å². The second-order valence-electron chi connectivity index (χ2n) is 3.83. The van der Waals surface area contributed by atoms with Crippen LogP contribution in [0.25, 0.3) is 10.2 Å². The lowest BCUT2D eigenvalue weighted by Crippen LogP contribution is -2.32. The number of thiocarbonyl (C=S) groups is 1. The van der Waals surface area contributed by atoms with Gasteiger partial charge in [-0.1, -0.05) is 11.3 Å². The van der Waals surface area contributed by atoms with Gasteiger partial charge in [0, 0.05) is 6.92 Å². The molecule has 0 saturated heterocycles. The van der Waals surface area contributed by atoms with Crippen LogP contribution in [-0.4, -0.2) is 29.1 Å². The lowest BCUT2D eigenvalue weighted by Gasteiger charge is -2.03. The van der Waals surface area contributed by atoms with Gasteiger partial charge in [-0.15, -0.1) is 0 Å². The molecule has 20 heavy (non-hydrogen) atoms. The van der Waals surface area contributed by atoms with Crippen molar-refractivity contribution in [2.75, 3.05) is 12.4 Å². The molecule has 0 fully saturated rings. The van der Waals surface area contributed by atoms with E-state index in [1.165, 1.54) is 25.4 Å². The van der Waals surface area contributed by atoms with Crippen LogP contribution in [0.15, 0.2) is 18.2 Å². The van der Waals surface area contributed by atoms with Crippen molar-refractivity contribution in [1.82, 2.24) is 10.3 Å². The van der Waals surface area contributed by atoms with Gasteiger partial charge in [-0.3, -0.25) is 4.79 Å². The van der Waals surface area contributed by atoms with Crippen LogP contribution in [-0.2, 0) is 9.53 Å². The smallest absolute Gasteiger partial charge is 0.337 e. The number of methoxy groups -OCH3 is 1. The number of fused-ring (bicyclic) bond motifs is 1. The third-order valence-electron chi connectivity index (χ3n) is 2.32. The van der Waals surface area contributed by atoms with Crippen molar-refractivity contribution >= 4 is 55.9 Å². The minimum Gasteiger partial charge on any atom is -0.465 e. The van der Waals surface area contributed by atoms with Crippen LogP contribution < -0.4 is 10.6 Å². The standard InChI is InChI=1S/C12H11N3O3S2/c1-6(16)13-11(19)15-12-14-8-4-3-7(10(17)18-2)5-9(8)20-12/h3-5H,1-2H3,(H2,13,14,15,16,19). The molecule has 104 valence electrons. The maximum absolute atomic E-state index is 11.4. The minimum absolute atomic E-state index is 0.185. The number of benzene rings is 1. The van der Waals surface area contributed by atoms with Gasteiger partial charge in [0.25, 0.3) is 0 Å². The number of hydrogen-bond acceptors (Lipinski definition) is 6. The Morgan fingerprint density at radius 3 is 2.80 bits per heavy atom. The molecule has 0 aliphatic heterocycles. The lowest BCUT2D eigenvalue weighted by atomic mass is 10.2. The first kappa shape index (κ1) is 14.4. The highest BCUT2D eigenvalue weighted by Crippen LogP contribution is 2.26. The molecule has 2 aromatic rings. The number of esters is 1. The highest BCUT2D eigenvalue weighted by molar-refractivity contribution is 7.80. The number of aromatic nitrogens is 1. The van der Waals surface area contributed by atoms with Gasteiger partial charge in [0.15, 0.2) is 10.2 Å². The summed E-state index contributed by atoms with van der Waals surface area (Å²) in [7, 11) is 1.33. The summed E-state index contributed by atoms with van der Waals surface area (Å²) in [6.07, 6.45) is 0. The first-order valence-electron chi connectivity index (χ1n) is 5.57. The SMILES string of the molecule is COC(=O)c1ccc2nc(NC(=S)NC(C)=O)sc2c1. The van der Waals surface area contributed by atoms with E-state index >= 15 is 0 Å². The van der Waals surface area contributed by atoms with Crippen LogP contribution >= 0.6 is 23.6 Å². The molecule has 0 radical (unpaired) electrons. The molecule has 0 unspecified atom stereocenters. The predicted molar refractivity (Wildman–Crippen MR) is 81.0 cm³/mol. The van der Waals surface area contributed by atoms with Crippen molar-refractivity contribution in [2.24, 2.45) is 0 Å². The number of carbonyl (C=O) groups excluding carboxylic acids is 2. The highest BCUT2D eigenvalue weighted by Gasteiger charge is 2.10. The molecule has 0 aliphatic carbocycles. The van der Waals surface area contributed by atoms with Gasteiger partial charge in [-0.05, 0) is 30.4 Å². The number of nitrogens with zero attached hydrogens (tertiary/aromatic N) is 1. The second kappa shape index (κ2) is 5.93. The van der Waals surface area contributed by atoms with Gasteiger partial charge in [0.2, 0.25) is 5.91 Å². The summed E-state index contributed by atoms with van der Waals surface area (Å²) < 4.78 is 5.48. The van der Waals surface area contributed by atoms with E-state index in [4.69, 9.17) is 12.2 Å². The maximum Gasteiger partial charge on any atom is 0.337 e. The Bertz CT molecular complexity index is 696. The fourth-order valence-electron chi connectivity index (χ4n) is 1.51. The van der Waals surface area contributed by atoms with E-state index in [2.05, 4.69) is 20.4 Å². The van der Waals surface area contributed by atoms with Gasteiger partial charge in [0.1, 0.15) is 0 Å². The number of ether oxygens (including phenoxy) is 1. The zero-order chi connectivity index (χ0) is 14.7. The summed E-state index contributed by atoms with van der Waals surface area (Å²) in [5, 5.41) is 5.99. The van der Waals surface area contributed by atoms with E-state index < -0.39 is 5.97 Å². The molecular formula is C12H11N3O3S2. The fourth-order valence-corrected chi connectivity index (χ4v) is 2.73. The molecule has 1 amide bonds. The Morgan fingerprint density at radius 1 is 1.40 bits per heavy atom. The summed E-state index contributed by atoms with van der Waals surface area (Å²) in [4.78, 5) is 26.6. The average molecular weight is 309 g/mol. The van der Waals surface area contributed by atoms with Crippen molar-refractivity contribution in [3.8, 4) is 0 Å². The molecule has 1 aromatic heterocycles. The van der Waals surface area contributed by atoms with Gasteiger partial charge in [-0.2, -0.15) is 0 Å². The van der Waals surface area contributed by atoms with Gasteiger partial charge in [-0.25, -0.2) is 9.78 Å². The first-order valence-corrected chi connectivity index (χ1v) is 6.79. The van der Waals surface area contributed by atoms with E-state index in [-0.39, 0.29) is 11.0 Å². The topological polar surface area (TPSA) is 80.3 Å². The van der Waals surface area contributed by atoms with Gasteiger partial charge in [0.05, 0.1) is 22.9 Å². The van der Waals surface area contributed by atoms with E-state index in [0.29, 0.717) is 10.7 Å². The number of hydrogen-bond donors (Lipinski definition) is 2. The van der Waals surface area contributed by atoms with Crippen LogP contribution in [0.4, 0.5) is 5.13 Å². The van der Waals surface area contributed by atoms with Crippen LogP contribution in [0.2, 0.25) is 0 Å². The van der Waals surface area contributed by atoms with Crippen molar-refractivity contribution in [3.05, 3.63) is 23.8 Å². The maximum atomic E-state index is 11.4. The number of anilines is 1. The van der Waals surface area contributed by atoms with Crippen molar-refractivity contribution < 1.29 is 14.3 Å². The summed E-state index contributed by atoms with van der Waals surface area (Å²) in [5.41, 5.74) is 1.19. The fraction of sp³-hybridized carbons (Fsp3) is 0.167. The molecule has 0 spiro atoms. The third-order valence-corrected chi connectivity index (χ3v) is 3.46. The lowest BCUT2D eigenvalue weighted by molar-refractivity contribution is -0.117. The molecule has 0 bridgehead atoms. The van der Waals surface area contributed by atoms with Crippen molar-refractivity contribution in [3.63, 3.8) is 0 Å². The molecule has 1 aromatic carbocycles. The molecular weight excluding hydrogens is 298 g/mol. The molecule has 1 heterocycles. The first-order chi connectivity index (χ1) is 9.49. The van der Waals surface area contributed by atoms with Gasteiger partial charge >= 0.3 is 5.97 Å². The molecule has 2 rings (SSSR count). The number of amides is 1. The Balaban J connectivity index is 2.23.